The zero-order valence-corrected chi connectivity index (χ0v) is 9.66. The van der Waals surface area contributed by atoms with Crippen molar-refractivity contribution in [1.82, 2.24) is 9.97 Å². The lowest BCUT2D eigenvalue weighted by Crippen LogP contribution is -1.77. The number of nitrogens with zero attached hydrogens (tertiary/aromatic N) is 2. The second-order valence-corrected chi connectivity index (χ2v) is 4.69. The van der Waals surface area contributed by atoms with Crippen LogP contribution in [0.1, 0.15) is 5.56 Å². The minimum Gasteiger partial charge on any atom is -0.244 e. The fraction of sp³-hybridized carbons (Fsp3) is 0.0769. The first-order valence-corrected chi connectivity index (χ1v) is 5.93. The van der Waals surface area contributed by atoms with Gasteiger partial charge < -0.3 is 0 Å². The highest BCUT2D eigenvalue weighted by atomic mass is 32.1. The molecule has 0 aliphatic carbocycles. The van der Waals surface area contributed by atoms with E-state index >= 15 is 0 Å². The molecule has 3 aromatic rings. The van der Waals surface area contributed by atoms with Crippen molar-refractivity contribution < 1.29 is 0 Å². The zero-order valence-electron chi connectivity index (χ0n) is 8.84. The lowest BCUT2D eigenvalue weighted by Gasteiger charge is -1.96. The molecule has 2 heterocycles. The van der Waals surface area contributed by atoms with Gasteiger partial charge in [0.15, 0.2) is 0 Å². The summed E-state index contributed by atoms with van der Waals surface area (Å²) in [5, 5.41) is 1.04. The predicted molar refractivity (Wildman–Crippen MR) is 67.6 cm³/mol. The van der Waals surface area contributed by atoms with E-state index in [1.54, 1.807) is 17.5 Å². The number of pyridine rings is 1. The van der Waals surface area contributed by atoms with Gasteiger partial charge in [-0.25, -0.2) is 9.97 Å². The maximum Gasteiger partial charge on any atom is 0.143 e. The molecule has 0 atom stereocenters. The molecule has 0 spiro atoms. The summed E-state index contributed by atoms with van der Waals surface area (Å²) >= 11 is 1.64. The largest absolute Gasteiger partial charge is 0.244 e. The van der Waals surface area contributed by atoms with E-state index in [0.717, 1.165) is 15.4 Å². The van der Waals surface area contributed by atoms with Crippen LogP contribution < -0.4 is 0 Å². The lowest BCUT2D eigenvalue weighted by atomic mass is 10.1. The predicted octanol–water partition coefficient (Wildman–Crippen LogP) is 3.67. The van der Waals surface area contributed by atoms with E-state index in [0.29, 0.717) is 0 Å². The number of hydrogen-bond acceptors (Lipinski definition) is 3. The van der Waals surface area contributed by atoms with Gasteiger partial charge in [-0.1, -0.05) is 35.1 Å². The average molecular weight is 226 g/mol. The van der Waals surface area contributed by atoms with Gasteiger partial charge in [0.1, 0.15) is 15.4 Å². The van der Waals surface area contributed by atoms with Crippen LogP contribution in [0, 0.1) is 6.92 Å². The molecule has 0 saturated heterocycles. The molecule has 0 unspecified atom stereocenters. The third-order valence-corrected chi connectivity index (χ3v) is 3.46. The Morgan fingerprint density at radius 1 is 1.12 bits per heavy atom. The summed E-state index contributed by atoms with van der Waals surface area (Å²) in [4.78, 5) is 9.88. The molecule has 0 aliphatic heterocycles. The van der Waals surface area contributed by atoms with Gasteiger partial charge in [-0.05, 0) is 25.1 Å². The summed E-state index contributed by atoms with van der Waals surface area (Å²) < 4.78 is 0. The third-order valence-electron chi connectivity index (χ3n) is 2.43. The second-order valence-electron chi connectivity index (χ2n) is 3.72. The van der Waals surface area contributed by atoms with Gasteiger partial charge in [0, 0.05) is 11.8 Å². The van der Waals surface area contributed by atoms with Crippen LogP contribution in [0.2, 0.25) is 0 Å². The van der Waals surface area contributed by atoms with Crippen molar-refractivity contribution in [2.45, 2.75) is 6.92 Å². The van der Waals surface area contributed by atoms with Crippen LogP contribution in [0.5, 0.6) is 0 Å². The number of aromatic nitrogens is 2. The molecule has 1 aromatic carbocycles. The highest BCUT2D eigenvalue weighted by Gasteiger charge is 2.06. The van der Waals surface area contributed by atoms with Gasteiger partial charge in [0.25, 0.3) is 0 Å². The van der Waals surface area contributed by atoms with Crippen molar-refractivity contribution >= 4 is 21.7 Å². The molecule has 2 aromatic heterocycles. The fourth-order valence-electron chi connectivity index (χ4n) is 1.67. The van der Waals surface area contributed by atoms with E-state index in [-0.39, 0.29) is 0 Å². The minimum atomic E-state index is 0.976. The summed E-state index contributed by atoms with van der Waals surface area (Å²) in [5.41, 5.74) is 3.40. The van der Waals surface area contributed by atoms with E-state index in [4.69, 9.17) is 0 Å². The van der Waals surface area contributed by atoms with Gasteiger partial charge in [-0.15, -0.1) is 0 Å². The summed E-state index contributed by atoms with van der Waals surface area (Å²) in [5.74, 6) is 0. The molecular formula is C13H10N2S. The fourth-order valence-corrected chi connectivity index (χ4v) is 2.58. The number of rotatable bonds is 1. The molecule has 0 radical (unpaired) electrons. The van der Waals surface area contributed by atoms with Gasteiger partial charge in [0.2, 0.25) is 0 Å². The summed E-state index contributed by atoms with van der Waals surface area (Å²) in [6.07, 6.45) is 1.81. The molecule has 0 amide bonds. The van der Waals surface area contributed by atoms with Crippen molar-refractivity contribution in [3.05, 3.63) is 48.2 Å². The van der Waals surface area contributed by atoms with E-state index in [9.17, 15) is 0 Å². The van der Waals surface area contributed by atoms with Crippen molar-refractivity contribution in [2.24, 2.45) is 0 Å². The van der Waals surface area contributed by atoms with Crippen molar-refractivity contribution in [2.75, 3.05) is 0 Å². The van der Waals surface area contributed by atoms with Crippen LogP contribution in [0.15, 0.2) is 42.6 Å². The van der Waals surface area contributed by atoms with E-state index in [1.165, 1.54) is 11.1 Å². The van der Waals surface area contributed by atoms with Gasteiger partial charge in [0.05, 0.1) is 0 Å². The normalized spacial score (nSPS) is 10.8. The topological polar surface area (TPSA) is 25.8 Å². The summed E-state index contributed by atoms with van der Waals surface area (Å²) in [6, 6.07) is 12.3. The minimum absolute atomic E-state index is 0.976. The Kier molecular flexibility index (Phi) is 2.18. The molecular weight excluding hydrogens is 216 g/mol. The van der Waals surface area contributed by atoms with Gasteiger partial charge in [-0.2, -0.15) is 0 Å². The molecule has 16 heavy (non-hydrogen) atoms. The Morgan fingerprint density at radius 3 is 2.88 bits per heavy atom. The Labute approximate surface area is 97.6 Å². The molecule has 0 fully saturated rings. The summed E-state index contributed by atoms with van der Waals surface area (Å²) in [7, 11) is 0. The Balaban J connectivity index is 2.19. The molecule has 0 aliphatic rings. The van der Waals surface area contributed by atoms with Crippen molar-refractivity contribution in [3.63, 3.8) is 0 Å². The third kappa shape index (κ3) is 1.59. The first-order valence-electron chi connectivity index (χ1n) is 5.11. The molecule has 3 rings (SSSR count). The van der Waals surface area contributed by atoms with Crippen LogP contribution >= 0.6 is 11.3 Å². The second kappa shape index (κ2) is 3.68. The SMILES string of the molecule is Cc1cccc(-c2nc3cccnc3s2)c1. The number of thiazole rings is 1. The van der Waals surface area contributed by atoms with Crippen LogP contribution in [-0.4, -0.2) is 9.97 Å². The monoisotopic (exact) mass is 226 g/mol. The highest BCUT2D eigenvalue weighted by Crippen LogP contribution is 2.28. The molecule has 3 heteroatoms. The smallest absolute Gasteiger partial charge is 0.143 e. The maximum absolute atomic E-state index is 4.58. The molecule has 0 N–H and O–H groups in total. The quantitative estimate of drug-likeness (QED) is 0.632. The Morgan fingerprint density at radius 2 is 2.06 bits per heavy atom. The molecule has 0 saturated carbocycles. The van der Waals surface area contributed by atoms with Crippen LogP contribution in [0.3, 0.4) is 0 Å². The number of hydrogen-bond donors (Lipinski definition) is 0. The maximum atomic E-state index is 4.58. The molecule has 0 bridgehead atoms. The molecule has 2 nitrogen and oxygen atoms in total. The first-order chi connectivity index (χ1) is 7.83. The highest BCUT2D eigenvalue weighted by molar-refractivity contribution is 7.21. The number of benzene rings is 1. The number of aryl methyl sites for hydroxylation is 1. The van der Waals surface area contributed by atoms with Crippen LogP contribution in [0.25, 0.3) is 20.9 Å². The Bertz CT molecular complexity index is 610. The van der Waals surface area contributed by atoms with Gasteiger partial charge in [-0.3, -0.25) is 0 Å². The Hall–Kier alpha value is -1.74. The van der Waals surface area contributed by atoms with Crippen LogP contribution in [0.4, 0.5) is 0 Å². The summed E-state index contributed by atoms with van der Waals surface area (Å²) in [6.45, 7) is 2.09. The average Bonchev–Trinajstić information content (AvgIpc) is 2.72. The lowest BCUT2D eigenvalue weighted by molar-refractivity contribution is 1.40. The van der Waals surface area contributed by atoms with Crippen molar-refractivity contribution in [1.29, 1.82) is 0 Å². The zero-order chi connectivity index (χ0) is 11.0. The van der Waals surface area contributed by atoms with E-state index in [1.807, 2.05) is 12.1 Å². The van der Waals surface area contributed by atoms with Gasteiger partial charge >= 0.3 is 0 Å². The number of fused-ring (bicyclic) bond motifs is 1. The van der Waals surface area contributed by atoms with E-state index in [2.05, 4.69) is 41.2 Å². The van der Waals surface area contributed by atoms with Crippen LogP contribution in [-0.2, 0) is 0 Å². The first kappa shape index (κ1) is 9.48. The van der Waals surface area contributed by atoms with Crippen molar-refractivity contribution in [3.8, 4) is 10.6 Å². The molecule has 78 valence electrons. The standard InChI is InChI=1S/C13H10N2S/c1-9-4-2-5-10(8-9)12-15-11-6-3-7-14-13(11)16-12/h2-8H,1H3. The van der Waals surface area contributed by atoms with E-state index < -0.39 is 0 Å².